The number of hydrogen-bond donors (Lipinski definition) is 1. The highest BCUT2D eigenvalue weighted by Gasteiger charge is 2.77. The normalized spacial score (nSPS) is 32.7. The van der Waals surface area contributed by atoms with Crippen molar-refractivity contribution in [1.82, 2.24) is 14.7 Å². The molecule has 3 unspecified atom stereocenters. The molecule has 3 heterocycles. The number of halogens is 1. The Hall–Kier alpha value is -1.71. The van der Waals surface area contributed by atoms with E-state index in [1.807, 2.05) is 34.6 Å². The van der Waals surface area contributed by atoms with Gasteiger partial charge < -0.3 is 24.5 Å². The Kier molecular flexibility index (Phi) is 8.48. The second-order valence-electron chi connectivity index (χ2n) is 11.5. The lowest BCUT2D eigenvalue weighted by atomic mass is 9.70. The molecule has 0 aromatic heterocycles. The van der Waals surface area contributed by atoms with Gasteiger partial charge in [0.05, 0.1) is 30.6 Å². The Bertz CT molecular complexity index is 904. The van der Waals surface area contributed by atoms with Gasteiger partial charge in [-0.2, -0.15) is 0 Å². The van der Waals surface area contributed by atoms with Gasteiger partial charge in [-0.05, 0) is 33.1 Å². The van der Waals surface area contributed by atoms with Gasteiger partial charge in [0.1, 0.15) is 11.6 Å². The summed E-state index contributed by atoms with van der Waals surface area (Å²) in [5.74, 6) is -2.30. The van der Waals surface area contributed by atoms with Gasteiger partial charge >= 0.3 is 0 Å². The zero-order valence-corrected chi connectivity index (χ0v) is 24.0. The van der Waals surface area contributed by atoms with Crippen LogP contribution in [-0.2, 0) is 19.1 Å². The van der Waals surface area contributed by atoms with Gasteiger partial charge in [0.15, 0.2) is 0 Å². The summed E-state index contributed by atoms with van der Waals surface area (Å²) in [5, 5.41) is 10.5. The molecule has 36 heavy (non-hydrogen) atoms. The number of likely N-dealkylation sites (N-methyl/N-ethyl adjacent to an activating group) is 1. The van der Waals surface area contributed by atoms with Gasteiger partial charge in [-0.3, -0.25) is 14.4 Å². The van der Waals surface area contributed by atoms with E-state index in [9.17, 15) is 19.5 Å². The van der Waals surface area contributed by atoms with E-state index in [1.54, 1.807) is 33.9 Å². The number of alkyl halides is 1. The fourth-order valence-electron chi connectivity index (χ4n) is 6.31. The second kappa shape index (κ2) is 10.6. The number of aliphatic hydroxyl groups is 1. The lowest BCUT2D eigenvalue weighted by Gasteiger charge is -2.44. The minimum atomic E-state index is -1.16. The van der Waals surface area contributed by atoms with Crippen LogP contribution in [0.15, 0.2) is 25.3 Å². The number of aliphatic hydroxyl groups excluding tert-OH is 1. The molecule has 3 amide bonds. The number of likely N-dealkylation sites (tertiary alicyclic amines) is 1. The molecule has 8 atom stereocenters. The van der Waals surface area contributed by atoms with E-state index in [2.05, 4.69) is 29.1 Å². The molecular formula is C27H42BrN3O5. The second-order valence-corrected chi connectivity index (χ2v) is 12.6. The number of ether oxygens (including phenoxy) is 1. The van der Waals surface area contributed by atoms with Crippen LogP contribution in [0.2, 0.25) is 0 Å². The zero-order chi connectivity index (χ0) is 27.2. The molecule has 0 aromatic rings. The van der Waals surface area contributed by atoms with Crippen LogP contribution < -0.4 is 0 Å². The van der Waals surface area contributed by atoms with E-state index < -0.39 is 41.2 Å². The molecule has 3 saturated heterocycles. The molecule has 202 valence electrons. The Balaban J connectivity index is 2.19. The molecule has 9 heteroatoms. The van der Waals surface area contributed by atoms with E-state index >= 15 is 0 Å². The smallest absolute Gasteiger partial charge is 0.249 e. The number of nitrogens with zero attached hydrogens (tertiary/aromatic N) is 3. The van der Waals surface area contributed by atoms with Crippen molar-refractivity contribution >= 4 is 33.7 Å². The lowest BCUT2D eigenvalue weighted by molar-refractivity contribution is -0.155. The maximum Gasteiger partial charge on any atom is 0.249 e. The maximum absolute atomic E-state index is 14.4. The van der Waals surface area contributed by atoms with Crippen molar-refractivity contribution in [2.24, 2.45) is 17.8 Å². The van der Waals surface area contributed by atoms with Crippen molar-refractivity contribution in [3.05, 3.63) is 25.3 Å². The van der Waals surface area contributed by atoms with Crippen LogP contribution in [0.1, 0.15) is 47.5 Å². The molecule has 0 aromatic carbocycles. The predicted octanol–water partition coefficient (Wildman–Crippen LogP) is 2.60. The number of rotatable bonds is 10. The van der Waals surface area contributed by atoms with Crippen molar-refractivity contribution in [1.29, 1.82) is 0 Å². The van der Waals surface area contributed by atoms with Gasteiger partial charge in [0.25, 0.3) is 0 Å². The van der Waals surface area contributed by atoms with E-state index in [0.717, 1.165) is 6.42 Å². The topological polar surface area (TPSA) is 90.4 Å². The van der Waals surface area contributed by atoms with Gasteiger partial charge in [-0.25, -0.2) is 0 Å². The molecule has 0 aliphatic carbocycles. The third kappa shape index (κ3) is 4.45. The molecule has 8 nitrogen and oxygen atoms in total. The summed E-state index contributed by atoms with van der Waals surface area (Å²) in [5.41, 5.74) is -1.70. The van der Waals surface area contributed by atoms with Crippen LogP contribution in [0.3, 0.4) is 0 Å². The highest BCUT2D eigenvalue weighted by atomic mass is 79.9. The summed E-state index contributed by atoms with van der Waals surface area (Å²) in [7, 11) is 1.69. The quantitative estimate of drug-likeness (QED) is 0.323. The van der Waals surface area contributed by atoms with E-state index in [0.29, 0.717) is 19.5 Å². The maximum atomic E-state index is 14.4. The van der Waals surface area contributed by atoms with Crippen LogP contribution in [0, 0.1) is 17.8 Å². The third-order valence-electron chi connectivity index (χ3n) is 8.26. The zero-order valence-electron chi connectivity index (χ0n) is 22.4. The predicted molar refractivity (Wildman–Crippen MR) is 142 cm³/mol. The standard InChI is InChI=1S/C27H42BrN3O5/c1-9-12-29(8)23(33)19-20-24(34)31(18(15-32)16(4)11-3)22(27(20)14-17(28)21(19)36-27)25(35)30(13-10-2)26(5,6)7/h9-10,16-22,32H,1-2,11-15H2,3-8H3/t16-,17?,18-,19+,20-,21+,22?,27?/m0/s1. The largest absolute Gasteiger partial charge is 0.394 e. The van der Waals surface area contributed by atoms with Crippen LogP contribution in [0.5, 0.6) is 0 Å². The van der Waals surface area contributed by atoms with Crippen molar-refractivity contribution in [3.8, 4) is 0 Å². The summed E-state index contributed by atoms with van der Waals surface area (Å²) in [4.78, 5) is 47.0. The summed E-state index contributed by atoms with van der Waals surface area (Å²) in [6, 6.07) is -1.52. The first-order valence-electron chi connectivity index (χ1n) is 12.8. The van der Waals surface area contributed by atoms with E-state index in [1.165, 1.54) is 0 Å². The number of hydrogen-bond acceptors (Lipinski definition) is 5. The number of amides is 3. The number of fused-ring (bicyclic) bond motifs is 1. The van der Waals surface area contributed by atoms with Crippen LogP contribution in [-0.4, -0.2) is 98.4 Å². The highest BCUT2D eigenvalue weighted by Crippen LogP contribution is 2.61. The summed E-state index contributed by atoms with van der Waals surface area (Å²) in [6.07, 6.45) is 3.95. The third-order valence-corrected chi connectivity index (χ3v) is 9.10. The first-order chi connectivity index (χ1) is 16.8. The number of carbonyl (C=O) groups is 3. The molecule has 3 rings (SSSR count). The molecule has 2 bridgehead atoms. The van der Waals surface area contributed by atoms with Crippen LogP contribution in [0.4, 0.5) is 0 Å². The molecule has 0 saturated carbocycles. The minimum absolute atomic E-state index is 0.0541. The SMILES string of the molecule is C=CCN(C)C(=O)[C@H]1[C@@H]2OC3(CC2Br)C(C(=O)N(CC=C)C(C)(C)C)N([C@@H](CO)[C@@H](C)CC)C(=O)[C@H]13. The average molecular weight is 569 g/mol. The van der Waals surface area contributed by atoms with Crippen molar-refractivity contribution in [2.75, 3.05) is 26.7 Å². The van der Waals surface area contributed by atoms with Gasteiger partial charge in [-0.1, -0.05) is 48.4 Å². The minimum Gasteiger partial charge on any atom is -0.394 e. The Morgan fingerprint density at radius 1 is 1.28 bits per heavy atom. The fraction of sp³-hybridized carbons (Fsp3) is 0.741. The van der Waals surface area contributed by atoms with Gasteiger partial charge in [0.2, 0.25) is 17.7 Å². The number of carbonyl (C=O) groups excluding carboxylic acids is 3. The molecule has 3 aliphatic heterocycles. The monoisotopic (exact) mass is 567 g/mol. The Morgan fingerprint density at radius 3 is 2.39 bits per heavy atom. The molecule has 3 aliphatic rings. The van der Waals surface area contributed by atoms with E-state index in [-0.39, 0.29) is 35.1 Å². The first kappa shape index (κ1) is 28.9. The van der Waals surface area contributed by atoms with Crippen LogP contribution in [0.25, 0.3) is 0 Å². The average Bonchev–Trinajstić information content (AvgIpc) is 3.40. The van der Waals surface area contributed by atoms with Crippen molar-refractivity contribution in [2.45, 2.75) is 81.6 Å². The molecular weight excluding hydrogens is 526 g/mol. The molecule has 0 radical (unpaired) electrons. The Morgan fingerprint density at radius 2 is 1.89 bits per heavy atom. The van der Waals surface area contributed by atoms with Crippen molar-refractivity contribution < 1.29 is 24.2 Å². The first-order valence-corrected chi connectivity index (χ1v) is 13.8. The summed E-state index contributed by atoms with van der Waals surface area (Å²) >= 11 is 3.71. The van der Waals surface area contributed by atoms with Crippen LogP contribution >= 0.6 is 15.9 Å². The summed E-state index contributed by atoms with van der Waals surface area (Å²) in [6.45, 7) is 17.7. The highest BCUT2D eigenvalue weighted by molar-refractivity contribution is 9.09. The fourth-order valence-corrected chi connectivity index (χ4v) is 7.25. The molecule has 1 N–H and O–H groups in total. The summed E-state index contributed by atoms with van der Waals surface area (Å²) < 4.78 is 6.60. The molecule has 3 fully saturated rings. The van der Waals surface area contributed by atoms with Gasteiger partial charge in [-0.15, -0.1) is 13.2 Å². The van der Waals surface area contributed by atoms with Crippen molar-refractivity contribution in [3.63, 3.8) is 0 Å². The van der Waals surface area contributed by atoms with Gasteiger partial charge in [0, 0.05) is 30.5 Å². The van der Waals surface area contributed by atoms with E-state index in [4.69, 9.17) is 4.74 Å². The lowest BCUT2D eigenvalue weighted by Crippen LogP contribution is -2.62. The Labute approximate surface area is 223 Å². The molecule has 1 spiro atoms.